The van der Waals surface area contributed by atoms with E-state index in [4.69, 9.17) is 4.74 Å². The van der Waals surface area contributed by atoms with E-state index in [2.05, 4.69) is 13.2 Å². The molecule has 0 aromatic rings. The third kappa shape index (κ3) is 2.51. The van der Waals surface area contributed by atoms with E-state index >= 15 is 0 Å². The van der Waals surface area contributed by atoms with Gasteiger partial charge in [0.2, 0.25) is 0 Å². The smallest absolute Gasteiger partial charge is 0.0586 e. The molecule has 0 bridgehead atoms. The predicted octanol–water partition coefficient (Wildman–Crippen LogP) is 2.31. The Morgan fingerprint density at radius 3 is 3.00 bits per heavy atom. The molecule has 1 aliphatic rings. The second-order valence-corrected chi connectivity index (χ2v) is 4.19. The van der Waals surface area contributed by atoms with Crippen molar-refractivity contribution < 1.29 is 4.74 Å². The Morgan fingerprint density at radius 1 is 1.70 bits per heavy atom. The van der Waals surface area contributed by atoms with Crippen molar-refractivity contribution >= 4 is 11.8 Å². The molecule has 2 atom stereocenters. The highest BCUT2D eigenvalue weighted by Crippen LogP contribution is 2.21. The van der Waals surface area contributed by atoms with Gasteiger partial charge in [0.15, 0.2) is 0 Å². The van der Waals surface area contributed by atoms with Crippen LogP contribution in [0.1, 0.15) is 26.2 Å². The molecule has 1 fully saturated rings. The zero-order valence-corrected chi connectivity index (χ0v) is 7.62. The number of rotatable bonds is 3. The number of hydrogen-bond acceptors (Lipinski definition) is 2. The molecule has 0 N–H and O–H groups in total. The quantitative estimate of drug-likeness (QED) is 0.626. The number of thioether (sulfide) groups is 1. The van der Waals surface area contributed by atoms with Gasteiger partial charge in [0, 0.05) is 11.9 Å². The lowest BCUT2D eigenvalue weighted by molar-refractivity contribution is 0.105. The fraction of sp³-hybridized carbons (Fsp3) is 1.00. The average Bonchev–Trinajstić information content (AvgIpc) is 2.40. The molecule has 1 aliphatic heterocycles. The topological polar surface area (TPSA) is 9.23 Å². The van der Waals surface area contributed by atoms with Crippen molar-refractivity contribution in [2.45, 2.75) is 37.5 Å². The Balaban J connectivity index is 2.11. The standard InChI is InChI=1S/C8H16OS/c1-7(10-2)6-8-4-3-5-9-8/h7-8H,3-6H2,1-2H3. The molecular formula is C8H16OS. The van der Waals surface area contributed by atoms with Gasteiger partial charge in [-0.3, -0.25) is 0 Å². The van der Waals surface area contributed by atoms with Crippen LogP contribution in [0.15, 0.2) is 0 Å². The van der Waals surface area contributed by atoms with Crippen LogP contribution in [0.5, 0.6) is 0 Å². The first kappa shape index (κ1) is 8.41. The predicted molar refractivity (Wildman–Crippen MR) is 46.6 cm³/mol. The minimum Gasteiger partial charge on any atom is -0.378 e. The van der Waals surface area contributed by atoms with Crippen LogP contribution in [0.4, 0.5) is 0 Å². The second-order valence-electron chi connectivity index (χ2n) is 2.92. The van der Waals surface area contributed by atoms with Crippen molar-refractivity contribution in [3.05, 3.63) is 0 Å². The fourth-order valence-corrected chi connectivity index (χ4v) is 1.70. The van der Waals surface area contributed by atoms with E-state index in [-0.39, 0.29) is 0 Å². The SMILES string of the molecule is CSC(C)CC1CCCO1. The van der Waals surface area contributed by atoms with Crippen LogP contribution in [0.25, 0.3) is 0 Å². The number of ether oxygens (including phenoxy) is 1. The van der Waals surface area contributed by atoms with Gasteiger partial charge in [0.25, 0.3) is 0 Å². The lowest BCUT2D eigenvalue weighted by Crippen LogP contribution is -2.11. The zero-order chi connectivity index (χ0) is 7.40. The van der Waals surface area contributed by atoms with E-state index in [0.717, 1.165) is 11.9 Å². The molecule has 2 heteroatoms. The summed E-state index contributed by atoms with van der Waals surface area (Å²) in [4.78, 5) is 0. The van der Waals surface area contributed by atoms with Crippen LogP contribution in [0.2, 0.25) is 0 Å². The monoisotopic (exact) mass is 160 g/mol. The maximum atomic E-state index is 5.51. The first-order valence-electron chi connectivity index (χ1n) is 3.97. The van der Waals surface area contributed by atoms with Crippen LogP contribution in [-0.2, 0) is 4.74 Å². The largest absolute Gasteiger partial charge is 0.378 e. The number of hydrogen-bond donors (Lipinski definition) is 0. The van der Waals surface area contributed by atoms with Gasteiger partial charge in [-0.25, -0.2) is 0 Å². The highest BCUT2D eigenvalue weighted by Gasteiger charge is 2.17. The molecular weight excluding hydrogens is 144 g/mol. The summed E-state index contributed by atoms with van der Waals surface area (Å²) < 4.78 is 5.51. The van der Waals surface area contributed by atoms with Crippen LogP contribution in [0, 0.1) is 0 Å². The molecule has 0 aliphatic carbocycles. The summed E-state index contributed by atoms with van der Waals surface area (Å²) in [7, 11) is 0. The molecule has 0 saturated carbocycles. The normalized spacial score (nSPS) is 28.8. The van der Waals surface area contributed by atoms with E-state index in [1.165, 1.54) is 19.3 Å². The molecule has 0 aromatic carbocycles. The molecule has 0 radical (unpaired) electrons. The minimum atomic E-state index is 0.572. The summed E-state index contributed by atoms with van der Waals surface area (Å²) in [6.45, 7) is 3.26. The fourth-order valence-electron chi connectivity index (χ4n) is 1.30. The summed E-state index contributed by atoms with van der Waals surface area (Å²) in [6, 6.07) is 0. The Kier molecular flexibility index (Phi) is 3.57. The van der Waals surface area contributed by atoms with E-state index in [1.54, 1.807) is 0 Å². The summed E-state index contributed by atoms with van der Waals surface area (Å²) >= 11 is 1.93. The van der Waals surface area contributed by atoms with Gasteiger partial charge >= 0.3 is 0 Å². The van der Waals surface area contributed by atoms with Gasteiger partial charge in [-0.2, -0.15) is 11.8 Å². The van der Waals surface area contributed by atoms with Crippen LogP contribution < -0.4 is 0 Å². The molecule has 0 aromatic heterocycles. The minimum absolute atomic E-state index is 0.572. The van der Waals surface area contributed by atoms with Gasteiger partial charge in [-0.15, -0.1) is 0 Å². The van der Waals surface area contributed by atoms with E-state index in [0.29, 0.717) is 6.10 Å². The molecule has 0 amide bonds. The van der Waals surface area contributed by atoms with E-state index in [1.807, 2.05) is 11.8 Å². The molecule has 60 valence electrons. The lowest BCUT2D eigenvalue weighted by atomic mass is 10.1. The summed E-state index contributed by atoms with van der Waals surface area (Å²) in [6.07, 6.45) is 6.53. The Labute approximate surface area is 67.5 Å². The zero-order valence-electron chi connectivity index (χ0n) is 6.80. The maximum absolute atomic E-state index is 5.51. The summed E-state index contributed by atoms with van der Waals surface area (Å²) in [5, 5.41) is 0.767. The highest BCUT2D eigenvalue weighted by atomic mass is 32.2. The van der Waals surface area contributed by atoms with E-state index in [9.17, 15) is 0 Å². The van der Waals surface area contributed by atoms with Crippen molar-refractivity contribution in [1.29, 1.82) is 0 Å². The molecule has 0 spiro atoms. The summed E-state index contributed by atoms with van der Waals surface area (Å²) in [5.41, 5.74) is 0. The molecule has 1 heterocycles. The van der Waals surface area contributed by atoms with Gasteiger partial charge < -0.3 is 4.74 Å². The Bertz CT molecular complexity index is 89.3. The van der Waals surface area contributed by atoms with Crippen LogP contribution >= 0.6 is 11.8 Å². The third-order valence-electron chi connectivity index (χ3n) is 2.02. The van der Waals surface area contributed by atoms with Crippen LogP contribution in [0.3, 0.4) is 0 Å². The Morgan fingerprint density at radius 2 is 2.50 bits per heavy atom. The van der Waals surface area contributed by atoms with Crippen molar-refractivity contribution in [3.63, 3.8) is 0 Å². The van der Waals surface area contributed by atoms with E-state index < -0.39 is 0 Å². The van der Waals surface area contributed by atoms with Crippen LogP contribution in [-0.4, -0.2) is 24.2 Å². The third-order valence-corrected chi connectivity index (χ3v) is 3.02. The molecule has 1 rings (SSSR count). The summed E-state index contributed by atoms with van der Waals surface area (Å²) in [5.74, 6) is 0. The maximum Gasteiger partial charge on any atom is 0.0586 e. The molecule has 10 heavy (non-hydrogen) atoms. The van der Waals surface area contributed by atoms with Gasteiger partial charge in [0.1, 0.15) is 0 Å². The molecule has 2 unspecified atom stereocenters. The first-order valence-corrected chi connectivity index (χ1v) is 5.26. The van der Waals surface area contributed by atoms with Gasteiger partial charge in [0.05, 0.1) is 6.10 Å². The lowest BCUT2D eigenvalue weighted by Gasteiger charge is -2.13. The first-order chi connectivity index (χ1) is 4.83. The molecule has 1 saturated heterocycles. The van der Waals surface area contributed by atoms with Crippen molar-refractivity contribution in [3.8, 4) is 0 Å². The molecule has 1 nitrogen and oxygen atoms in total. The Hall–Kier alpha value is 0.310. The van der Waals surface area contributed by atoms with Crippen molar-refractivity contribution in [1.82, 2.24) is 0 Å². The average molecular weight is 160 g/mol. The highest BCUT2D eigenvalue weighted by molar-refractivity contribution is 7.99. The second kappa shape index (κ2) is 4.24. The van der Waals surface area contributed by atoms with Gasteiger partial charge in [-0.1, -0.05) is 6.92 Å². The van der Waals surface area contributed by atoms with Crippen molar-refractivity contribution in [2.75, 3.05) is 12.9 Å². The van der Waals surface area contributed by atoms with Crippen molar-refractivity contribution in [2.24, 2.45) is 0 Å². The van der Waals surface area contributed by atoms with Gasteiger partial charge in [-0.05, 0) is 25.5 Å².